The SMILES string of the molecule is COc1ccc(NC(=O)CSc2nn3c(=O)c(C(C)(C)C)nnc3s2)c(OC)c1. The van der Waals surface area contributed by atoms with Crippen LogP contribution in [0.15, 0.2) is 27.3 Å². The van der Waals surface area contributed by atoms with Crippen molar-refractivity contribution in [3.05, 3.63) is 34.2 Å². The van der Waals surface area contributed by atoms with Gasteiger partial charge in [0.25, 0.3) is 5.56 Å². The lowest BCUT2D eigenvalue weighted by atomic mass is 9.93. The number of hydrogen-bond acceptors (Lipinski definition) is 9. The van der Waals surface area contributed by atoms with Crippen LogP contribution in [0.25, 0.3) is 4.96 Å². The summed E-state index contributed by atoms with van der Waals surface area (Å²) in [6.07, 6.45) is 0. The number of ether oxygens (including phenoxy) is 2. The minimum absolute atomic E-state index is 0.114. The first-order valence-corrected chi connectivity index (χ1v) is 10.4. The van der Waals surface area contributed by atoms with Gasteiger partial charge in [0, 0.05) is 11.5 Å². The van der Waals surface area contributed by atoms with Gasteiger partial charge < -0.3 is 14.8 Å². The summed E-state index contributed by atoms with van der Waals surface area (Å²) in [5.74, 6) is 1.01. The largest absolute Gasteiger partial charge is 0.497 e. The lowest BCUT2D eigenvalue weighted by molar-refractivity contribution is -0.113. The molecule has 0 unspecified atom stereocenters. The molecule has 2 heterocycles. The molecule has 29 heavy (non-hydrogen) atoms. The minimum Gasteiger partial charge on any atom is -0.497 e. The Kier molecular flexibility index (Phi) is 6.08. The Balaban J connectivity index is 1.71. The van der Waals surface area contributed by atoms with E-state index in [1.807, 2.05) is 20.8 Å². The number of nitrogens with one attached hydrogen (secondary N) is 1. The van der Waals surface area contributed by atoms with Gasteiger partial charge in [-0.15, -0.1) is 15.3 Å². The molecule has 3 rings (SSSR count). The third kappa shape index (κ3) is 4.67. The maximum absolute atomic E-state index is 12.6. The van der Waals surface area contributed by atoms with Crippen LogP contribution in [0.5, 0.6) is 11.5 Å². The van der Waals surface area contributed by atoms with Gasteiger partial charge in [0.2, 0.25) is 10.9 Å². The number of anilines is 1. The van der Waals surface area contributed by atoms with E-state index in [0.717, 1.165) is 0 Å². The smallest absolute Gasteiger partial charge is 0.297 e. The topological polar surface area (TPSA) is 108 Å². The minimum atomic E-state index is -0.431. The molecule has 0 aliphatic heterocycles. The van der Waals surface area contributed by atoms with E-state index in [0.29, 0.717) is 32.2 Å². The molecule has 1 aromatic carbocycles. The zero-order valence-corrected chi connectivity index (χ0v) is 18.3. The van der Waals surface area contributed by atoms with Gasteiger partial charge in [0.1, 0.15) is 17.2 Å². The van der Waals surface area contributed by atoms with Crippen molar-refractivity contribution in [1.29, 1.82) is 0 Å². The number of carbonyl (C=O) groups excluding carboxylic acids is 1. The van der Waals surface area contributed by atoms with Crippen LogP contribution >= 0.6 is 23.1 Å². The van der Waals surface area contributed by atoms with E-state index in [1.165, 1.54) is 34.7 Å². The second kappa shape index (κ2) is 8.37. The Hall–Kier alpha value is -2.66. The summed E-state index contributed by atoms with van der Waals surface area (Å²) in [5, 5.41) is 15.2. The fourth-order valence-corrected chi connectivity index (χ4v) is 4.11. The molecular formula is C18H21N5O4S2. The van der Waals surface area contributed by atoms with Gasteiger partial charge in [-0.2, -0.15) is 4.52 Å². The third-order valence-electron chi connectivity index (χ3n) is 3.89. The summed E-state index contributed by atoms with van der Waals surface area (Å²) < 4.78 is 12.2. The normalized spacial score (nSPS) is 11.5. The highest BCUT2D eigenvalue weighted by Crippen LogP contribution is 2.30. The molecule has 0 aliphatic carbocycles. The van der Waals surface area contributed by atoms with Crippen molar-refractivity contribution < 1.29 is 14.3 Å². The van der Waals surface area contributed by atoms with Crippen molar-refractivity contribution >= 4 is 39.7 Å². The Bertz CT molecular complexity index is 1100. The number of benzene rings is 1. The van der Waals surface area contributed by atoms with Crippen molar-refractivity contribution in [2.75, 3.05) is 25.3 Å². The van der Waals surface area contributed by atoms with Gasteiger partial charge in [0.15, 0.2) is 4.34 Å². The predicted octanol–water partition coefficient (Wildman–Crippen LogP) is 2.59. The van der Waals surface area contributed by atoms with Crippen LogP contribution in [0.3, 0.4) is 0 Å². The van der Waals surface area contributed by atoms with Crippen LogP contribution in [0.4, 0.5) is 5.69 Å². The Labute approximate surface area is 175 Å². The summed E-state index contributed by atoms with van der Waals surface area (Å²) >= 11 is 2.43. The zero-order valence-electron chi connectivity index (χ0n) is 16.7. The summed E-state index contributed by atoms with van der Waals surface area (Å²) in [5.41, 5.74) is 0.166. The summed E-state index contributed by atoms with van der Waals surface area (Å²) in [7, 11) is 3.08. The highest BCUT2D eigenvalue weighted by molar-refractivity contribution is 8.01. The first-order chi connectivity index (χ1) is 13.7. The first kappa shape index (κ1) is 21.1. The van der Waals surface area contributed by atoms with Gasteiger partial charge in [-0.25, -0.2) is 0 Å². The van der Waals surface area contributed by atoms with Gasteiger partial charge in [-0.3, -0.25) is 9.59 Å². The van der Waals surface area contributed by atoms with Crippen molar-refractivity contribution in [3.8, 4) is 11.5 Å². The number of rotatable bonds is 6. The van der Waals surface area contributed by atoms with Crippen molar-refractivity contribution in [3.63, 3.8) is 0 Å². The summed E-state index contributed by atoms with van der Waals surface area (Å²) in [6, 6.07) is 5.13. The van der Waals surface area contributed by atoms with E-state index in [1.54, 1.807) is 25.3 Å². The number of nitrogens with zero attached hydrogens (tertiary/aromatic N) is 4. The van der Waals surface area contributed by atoms with E-state index >= 15 is 0 Å². The molecule has 0 fully saturated rings. The van der Waals surface area contributed by atoms with E-state index in [4.69, 9.17) is 9.47 Å². The average Bonchev–Trinajstić information content (AvgIpc) is 3.10. The molecule has 0 saturated carbocycles. The van der Waals surface area contributed by atoms with Crippen LogP contribution in [0, 0.1) is 0 Å². The van der Waals surface area contributed by atoms with E-state index in [-0.39, 0.29) is 17.2 Å². The zero-order chi connectivity index (χ0) is 21.2. The molecule has 154 valence electrons. The van der Waals surface area contributed by atoms with E-state index in [9.17, 15) is 9.59 Å². The Morgan fingerprint density at radius 1 is 1.24 bits per heavy atom. The molecule has 0 aliphatic rings. The van der Waals surface area contributed by atoms with E-state index in [2.05, 4.69) is 20.6 Å². The Morgan fingerprint density at radius 2 is 2.00 bits per heavy atom. The predicted molar refractivity (Wildman–Crippen MR) is 113 cm³/mol. The van der Waals surface area contributed by atoms with Crippen molar-refractivity contribution in [2.24, 2.45) is 0 Å². The van der Waals surface area contributed by atoms with Crippen molar-refractivity contribution in [1.82, 2.24) is 19.8 Å². The lowest BCUT2D eigenvalue weighted by Gasteiger charge is -2.14. The molecule has 2 aromatic heterocycles. The molecule has 1 amide bonds. The quantitative estimate of drug-likeness (QED) is 0.589. The molecule has 0 atom stereocenters. The number of aromatic nitrogens is 4. The number of hydrogen-bond donors (Lipinski definition) is 1. The molecule has 1 N–H and O–H groups in total. The fourth-order valence-electron chi connectivity index (χ4n) is 2.44. The monoisotopic (exact) mass is 435 g/mol. The van der Waals surface area contributed by atoms with Crippen LogP contribution in [-0.2, 0) is 10.2 Å². The number of amides is 1. The summed E-state index contributed by atoms with van der Waals surface area (Å²) in [6.45, 7) is 5.68. The van der Waals surface area contributed by atoms with Crippen LogP contribution in [-0.4, -0.2) is 45.7 Å². The van der Waals surface area contributed by atoms with Crippen LogP contribution in [0.2, 0.25) is 0 Å². The highest BCUT2D eigenvalue weighted by Gasteiger charge is 2.23. The number of carbonyl (C=O) groups is 1. The van der Waals surface area contributed by atoms with Crippen LogP contribution in [0.1, 0.15) is 26.5 Å². The first-order valence-electron chi connectivity index (χ1n) is 8.64. The van der Waals surface area contributed by atoms with Gasteiger partial charge in [0.05, 0.1) is 25.7 Å². The maximum atomic E-state index is 12.6. The third-order valence-corrected chi connectivity index (χ3v) is 5.92. The molecule has 0 radical (unpaired) electrons. The molecule has 0 bridgehead atoms. The number of methoxy groups -OCH3 is 2. The van der Waals surface area contributed by atoms with Gasteiger partial charge in [-0.1, -0.05) is 43.9 Å². The lowest BCUT2D eigenvalue weighted by Crippen LogP contribution is -2.30. The number of thioether (sulfide) groups is 1. The average molecular weight is 436 g/mol. The molecule has 9 nitrogen and oxygen atoms in total. The van der Waals surface area contributed by atoms with Gasteiger partial charge >= 0.3 is 0 Å². The molecule has 3 aromatic rings. The molecule has 11 heteroatoms. The fraction of sp³-hybridized carbons (Fsp3) is 0.389. The summed E-state index contributed by atoms with van der Waals surface area (Å²) in [4.78, 5) is 25.3. The highest BCUT2D eigenvalue weighted by atomic mass is 32.2. The Morgan fingerprint density at radius 3 is 2.66 bits per heavy atom. The maximum Gasteiger partial charge on any atom is 0.297 e. The standard InChI is InChI=1S/C18H21N5O4S2/c1-18(2,3)14-15(25)23-16(21-20-14)29-17(22-23)28-9-13(24)19-11-7-6-10(26-4)8-12(11)27-5/h6-8H,9H2,1-5H3,(H,19,24). The van der Waals surface area contributed by atoms with Gasteiger partial charge in [-0.05, 0) is 12.1 Å². The van der Waals surface area contributed by atoms with Crippen molar-refractivity contribution in [2.45, 2.75) is 30.5 Å². The van der Waals surface area contributed by atoms with E-state index < -0.39 is 5.41 Å². The molecule has 0 spiro atoms. The molecular weight excluding hydrogens is 414 g/mol. The van der Waals surface area contributed by atoms with Crippen LogP contribution < -0.4 is 20.3 Å². The second-order valence-corrected chi connectivity index (χ2v) is 9.25. The second-order valence-electron chi connectivity index (χ2n) is 7.07. The molecule has 0 saturated heterocycles. The number of fused-ring (bicyclic) bond motifs is 1.